The molecule has 0 fully saturated rings. The molecule has 144 valence electrons. The normalized spacial score (nSPS) is 11.1. The Balaban J connectivity index is 1.68. The zero-order valence-corrected chi connectivity index (χ0v) is 15.8. The number of hydrogen-bond acceptors (Lipinski definition) is 4. The molecular weight excluding hydrogens is 344 g/mol. The number of guanidine groups is 1. The Bertz CT molecular complexity index is 760. The predicted octanol–water partition coefficient (Wildman–Crippen LogP) is 3.29. The Hall–Kier alpha value is -3.09. The highest BCUT2D eigenvalue weighted by Gasteiger charge is 2.06. The number of aryl methyl sites for hydroxylation is 1. The topological polar surface area (TPSA) is 88.8 Å². The van der Waals surface area contributed by atoms with Crippen molar-refractivity contribution < 1.29 is 9.66 Å². The maximum atomic E-state index is 10.8. The van der Waals surface area contributed by atoms with Crippen LogP contribution in [-0.4, -0.2) is 31.6 Å². The van der Waals surface area contributed by atoms with Gasteiger partial charge in [0.05, 0.1) is 12.0 Å². The van der Waals surface area contributed by atoms with Crippen LogP contribution in [0.2, 0.25) is 0 Å². The van der Waals surface area contributed by atoms with Crippen molar-refractivity contribution in [1.29, 1.82) is 0 Å². The van der Waals surface area contributed by atoms with Gasteiger partial charge in [0.25, 0.3) is 5.69 Å². The molecule has 7 nitrogen and oxygen atoms in total. The fourth-order valence-electron chi connectivity index (χ4n) is 2.64. The van der Waals surface area contributed by atoms with Crippen molar-refractivity contribution >= 4 is 11.6 Å². The fraction of sp³-hybridized carbons (Fsp3) is 0.350. The molecule has 7 heteroatoms. The Morgan fingerprint density at radius 1 is 1.11 bits per heavy atom. The number of unbranched alkanes of at least 4 members (excludes halogenated alkanes) is 1. The average molecular weight is 370 g/mol. The van der Waals surface area contributed by atoms with Crippen molar-refractivity contribution in [2.45, 2.75) is 25.8 Å². The molecular formula is C20H26N4O3. The third kappa shape index (κ3) is 6.97. The molecule has 0 aromatic heterocycles. The van der Waals surface area contributed by atoms with Gasteiger partial charge in [-0.05, 0) is 42.5 Å². The van der Waals surface area contributed by atoms with E-state index in [-0.39, 0.29) is 10.6 Å². The molecule has 0 unspecified atom stereocenters. The molecule has 2 rings (SSSR count). The minimum atomic E-state index is -0.389. The van der Waals surface area contributed by atoms with Gasteiger partial charge in [-0.25, -0.2) is 0 Å². The molecule has 27 heavy (non-hydrogen) atoms. The van der Waals surface area contributed by atoms with E-state index in [4.69, 9.17) is 4.74 Å². The van der Waals surface area contributed by atoms with Gasteiger partial charge in [0.2, 0.25) is 0 Å². The summed E-state index contributed by atoms with van der Waals surface area (Å²) in [7, 11) is 3.38. The van der Waals surface area contributed by atoms with Gasteiger partial charge in [0, 0.05) is 32.3 Å². The SMILES string of the molecule is CN=C(NCCCCc1ccc(OC)cc1)NCc1cccc([N+](=O)[O-])c1. The van der Waals surface area contributed by atoms with Crippen molar-refractivity contribution in [2.75, 3.05) is 20.7 Å². The highest BCUT2D eigenvalue weighted by molar-refractivity contribution is 5.79. The fourth-order valence-corrected chi connectivity index (χ4v) is 2.64. The van der Waals surface area contributed by atoms with E-state index in [1.54, 1.807) is 26.3 Å². The van der Waals surface area contributed by atoms with Crippen LogP contribution in [0.4, 0.5) is 5.69 Å². The molecule has 0 saturated carbocycles. The largest absolute Gasteiger partial charge is 0.497 e. The quantitative estimate of drug-likeness (QED) is 0.232. The van der Waals surface area contributed by atoms with Gasteiger partial charge in [-0.2, -0.15) is 0 Å². The van der Waals surface area contributed by atoms with Gasteiger partial charge in [-0.1, -0.05) is 24.3 Å². The second-order valence-electron chi connectivity index (χ2n) is 6.08. The molecule has 2 aromatic rings. The van der Waals surface area contributed by atoms with Crippen LogP contribution >= 0.6 is 0 Å². The summed E-state index contributed by atoms with van der Waals surface area (Å²) in [5.74, 6) is 1.56. The molecule has 0 amide bonds. The molecule has 0 spiro atoms. The van der Waals surface area contributed by atoms with Crippen molar-refractivity contribution in [2.24, 2.45) is 4.99 Å². The van der Waals surface area contributed by atoms with Crippen LogP contribution in [0.1, 0.15) is 24.0 Å². The number of rotatable bonds is 9. The number of nitrogens with one attached hydrogen (secondary N) is 2. The minimum Gasteiger partial charge on any atom is -0.497 e. The molecule has 0 aliphatic rings. The number of benzene rings is 2. The zero-order valence-electron chi connectivity index (χ0n) is 15.8. The third-order valence-corrected chi connectivity index (χ3v) is 4.15. The highest BCUT2D eigenvalue weighted by atomic mass is 16.6. The van der Waals surface area contributed by atoms with Gasteiger partial charge in [0.15, 0.2) is 5.96 Å². The van der Waals surface area contributed by atoms with Crippen LogP contribution in [0.25, 0.3) is 0 Å². The lowest BCUT2D eigenvalue weighted by molar-refractivity contribution is -0.384. The number of methoxy groups -OCH3 is 1. The highest BCUT2D eigenvalue weighted by Crippen LogP contribution is 2.13. The van der Waals surface area contributed by atoms with E-state index in [2.05, 4.69) is 27.8 Å². The van der Waals surface area contributed by atoms with E-state index in [1.807, 2.05) is 18.2 Å². The van der Waals surface area contributed by atoms with Crippen LogP contribution in [0, 0.1) is 10.1 Å². The van der Waals surface area contributed by atoms with E-state index >= 15 is 0 Å². The maximum absolute atomic E-state index is 10.8. The van der Waals surface area contributed by atoms with E-state index in [0.29, 0.717) is 12.5 Å². The number of nitro benzene ring substituents is 1. The Kier molecular flexibility index (Phi) is 8.09. The van der Waals surface area contributed by atoms with Gasteiger partial charge in [-0.15, -0.1) is 0 Å². The first-order chi connectivity index (χ1) is 13.1. The molecule has 0 bridgehead atoms. The Morgan fingerprint density at radius 3 is 2.56 bits per heavy atom. The summed E-state index contributed by atoms with van der Waals surface area (Å²) in [6.45, 7) is 1.29. The molecule has 0 aliphatic carbocycles. The maximum Gasteiger partial charge on any atom is 0.269 e. The number of nitrogens with zero attached hydrogens (tertiary/aromatic N) is 2. The van der Waals surface area contributed by atoms with Crippen LogP contribution < -0.4 is 15.4 Å². The summed E-state index contributed by atoms with van der Waals surface area (Å²) in [6, 6.07) is 14.7. The van der Waals surface area contributed by atoms with Crippen LogP contribution in [0.5, 0.6) is 5.75 Å². The summed E-state index contributed by atoms with van der Waals surface area (Å²) in [5.41, 5.74) is 2.23. The molecule has 0 heterocycles. The first kappa shape index (κ1) is 20.2. The number of hydrogen-bond donors (Lipinski definition) is 2. The number of nitro groups is 1. The van der Waals surface area contributed by atoms with Gasteiger partial charge >= 0.3 is 0 Å². The number of aliphatic imine (C=N–C) groups is 1. The van der Waals surface area contributed by atoms with E-state index in [1.165, 1.54) is 11.6 Å². The van der Waals surface area contributed by atoms with Gasteiger partial charge < -0.3 is 15.4 Å². The van der Waals surface area contributed by atoms with Gasteiger partial charge in [-0.3, -0.25) is 15.1 Å². The van der Waals surface area contributed by atoms with Gasteiger partial charge in [0.1, 0.15) is 5.75 Å². The number of ether oxygens (including phenoxy) is 1. The molecule has 0 atom stereocenters. The lowest BCUT2D eigenvalue weighted by Gasteiger charge is -2.12. The predicted molar refractivity (Wildman–Crippen MR) is 107 cm³/mol. The number of non-ortho nitro benzene ring substituents is 1. The smallest absolute Gasteiger partial charge is 0.269 e. The first-order valence-corrected chi connectivity index (χ1v) is 8.93. The van der Waals surface area contributed by atoms with E-state index in [0.717, 1.165) is 37.1 Å². The molecule has 0 saturated heterocycles. The van der Waals surface area contributed by atoms with Crippen molar-refractivity contribution in [3.8, 4) is 5.75 Å². The van der Waals surface area contributed by atoms with Crippen LogP contribution in [0.3, 0.4) is 0 Å². The standard InChI is InChI=1S/C20H26N4O3/c1-21-20(23-15-17-7-5-8-18(14-17)24(25)26)22-13-4-3-6-16-9-11-19(27-2)12-10-16/h5,7-12,14H,3-4,6,13,15H2,1-2H3,(H2,21,22,23). The summed E-state index contributed by atoms with van der Waals surface area (Å²) in [6.07, 6.45) is 3.11. The third-order valence-electron chi connectivity index (χ3n) is 4.15. The van der Waals surface area contributed by atoms with Crippen LogP contribution in [-0.2, 0) is 13.0 Å². The Morgan fingerprint density at radius 2 is 1.89 bits per heavy atom. The zero-order chi connectivity index (χ0) is 19.5. The lowest BCUT2D eigenvalue weighted by atomic mass is 10.1. The molecule has 0 aliphatic heterocycles. The summed E-state index contributed by atoms with van der Waals surface area (Å²) in [4.78, 5) is 14.6. The second-order valence-corrected chi connectivity index (χ2v) is 6.08. The summed E-state index contributed by atoms with van der Waals surface area (Å²) >= 11 is 0. The minimum absolute atomic E-state index is 0.0933. The van der Waals surface area contributed by atoms with Crippen molar-refractivity contribution in [3.63, 3.8) is 0 Å². The average Bonchev–Trinajstić information content (AvgIpc) is 2.70. The van der Waals surface area contributed by atoms with Crippen LogP contribution in [0.15, 0.2) is 53.5 Å². The van der Waals surface area contributed by atoms with Crippen molar-refractivity contribution in [3.05, 3.63) is 69.8 Å². The molecule has 0 radical (unpaired) electrons. The first-order valence-electron chi connectivity index (χ1n) is 8.93. The van der Waals surface area contributed by atoms with E-state index < -0.39 is 0 Å². The lowest BCUT2D eigenvalue weighted by Crippen LogP contribution is -2.37. The monoisotopic (exact) mass is 370 g/mol. The van der Waals surface area contributed by atoms with Crippen molar-refractivity contribution in [1.82, 2.24) is 10.6 Å². The second kappa shape index (κ2) is 10.8. The van der Waals surface area contributed by atoms with E-state index in [9.17, 15) is 10.1 Å². The molecule has 2 N–H and O–H groups in total. The Labute approximate surface area is 159 Å². The molecule has 2 aromatic carbocycles. The summed E-state index contributed by atoms with van der Waals surface area (Å²) < 4.78 is 5.16. The summed E-state index contributed by atoms with van der Waals surface area (Å²) in [5, 5.41) is 17.3.